The zero-order valence-corrected chi connectivity index (χ0v) is 12.5. The fraction of sp³-hybridized carbons (Fsp3) is 0.294. The van der Waals surface area contributed by atoms with Crippen molar-refractivity contribution in [1.29, 1.82) is 0 Å². The average molecular weight is 298 g/mol. The number of primary amides is 1. The Balaban J connectivity index is 1.86. The summed E-state index contributed by atoms with van der Waals surface area (Å²) in [6.07, 6.45) is 9.60. The number of fused-ring (bicyclic) bond motifs is 1. The van der Waals surface area contributed by atoms with Gasteiger partial charge in [0.15, 0.2) is 0 Å². The number of rotatable bonds is 3. The number of benzene rings is 1. The molecular formula is C17H18N2OS. The second kappa shape index (κ2) is 5.92. The van der Waals surface area contributed by atoms with E-state index in [0.717, 1.165) is 11.3 Å². The minimum atomic E-state index is -0.304. The molecule has 1 amide bonds. The Hall–Kier alpha value is -1.78. The van der Waals surface area contributed by atoms with Crippen LogP contribution in [0.5, 0.6) is 0 Å². The molecule has 0 saturated carbocycles. The van der Waals surface area contributed by atoms with Gasteiger partial charge in [0.1, 0.15) is 0 Å². The Kier molecular flexibility index (Phi) is 3.99. The smallest absolute Gasteiger partial charge is 0.234 e. The normalized spacial score (nSPS) is 27.4. The first-order valence-electron chi connectivity index (χ1n) is 7.17. The van der Waals surface area contributed by atoms with E-state index in [4.69, 9.17) is 18.0 Å². The van der Waals surface area contributed by atoms with Gasteiger partial charge in [0, 0.05) is 16.8 Å². The maximum Gasteiger partial charge on any atom is 0.234 e. The Labute approximate surface area is 129 Å². The number of nitrogens with one attached hydrogen (secondary N) is 1. The predicted molar refractivity (Wildman–Crippen MR) is 88.0 cm³/mol. The molecule has 3 nitrogen and oxygen atoms in total. The second-order valence-electron chi connectivity index (χ2n) is 5.57. The quantitative estimate of drug-likeness (QED) is 0.841. The molecule has 3 atom stereocenters. The van der Waals surface area contributed by atoms with Crippen molar-refractivity contribution in [1.82, 2.24) is 5.32 Å². The number of nitrogens with two attached hydrogens (primary N) is 1. The van der Waals surface area contributed by atoms with Crippen LogP contribution in [-0.4, -0.2) is 16.8 Å². The SMILES string of the molecule is NC(=O)C1Cc2ccccc2C(CC2C=CC=CC2=S)N1. The van der Waals surface area contributed by atoms with E-state index < -0.39 is 0 Å². The van der Waals surface area contributed by atoms with E-state index in [1.54, 1.807) is 0 Å². The highest BCUT2D eigenvalue weighted by Gasteiger charge is 2.30. The van der Waals surface area contributed by atoms with Crippen LogP contribution < -0.4 is 11.1 Å². The molecule has 1 aliphatic heterocycles. The maximum absolute atomic E-state index is 11.6. The van der Waals surface area contributed by atoms with Gasteiger partial charge in [-0.05, 0) is 30.0 Å². The van der Waals surface area contributed by atoms with Gasteiger partial charge >= 0.3 is 0 Å². The van der Waals surface area contributed by atoms with E-state index in [9.17, 15) is 4.79 Å². The van der Waals surface area contributed by atoms with Crippen molar-refractivity contribution in [2.24, 2.45) is 11.7 Å². The summed E-state index contributed by atoms with van der Waals surface area (Å²) in [5.74, 6) is -0.0710. The Morgan fingerprint density at radius 1 is 1.33 bits per heavy atom. The van der Waals surface area contributed by atoms with Gasteiger partial charge in [-0.2, -0.15) is 0 Å². The van der Waals surface area contributed by atoms with Crippen LogP contribution in [0.1, 0.15) is 23.6 Å². The molecule has 108 valence electrons. The van der Waals surface area contributed by atoms with E-state index in [0.29, 0.717) is 6.42 Å². The van der Waals surface area contributed by atoms with Gasteiger partial charge in [0.25, 0.3) is 0 Å². The first-order valence-corrected chi connectivity index (χ1v) is 7.58. The number of hydrogen-bond acceptors (Lipinski definition) is 3. The number of hydrogen-bond donors (Lipinski definition) is 2. The number of thiocarbonyl (C=S) groups is 1. The van der Waals surface area contributed by atoms with E-state index in [1.165, 1.54) is 11.1 Å². The van der Waals surface area contributed by atoms with Crippen LogP contribution in [0.25, 0.3) is 0 Å². The lowest BCUT2D eigenvalue weighted by Gasteiger charge is -2.33. The third-order valence-corrected chi connectivity index (χ3v) is 4.61. The lowest BCUT2D eigenvalue weighted by atomic mass is 9.83. The standard InChI is InChI=1S/C17H18N2OS/c18-17(20)15-9-11-5-1-3-7-13(11)14(19-15)10-12-6-2-4-8-16(12)21/h1-8,12,14-15,19H,9-10H2,(H2,18,20). The van der Waals surface area contributed by atoms with E-state index in [-0.39, 0.29) is 23.9 Å². The molecule has 0 bridgehead atoms. The molecule has 0 saturated heterocycles. The van der Waals surface area contributed by atoms with Crippen LogP contribution in [0.15, 0.2) is 48.6 Å². The molecule has 3 rings (SSSR count). The molecule has 0 fully saturated rings. The van der Waals surface area contributed by atoms with Crippen LogP contribution in [0, 0.1) is 5.92 Å². The van der Waals surface area contributed by atoms with Crippen LogP contribution in [0.3, 0.4) is 0 Å². The highest BCUT2D eigenvalue weighted by atomic mass is 32.1. The fourth-order valence-electron chi connectivity index (χ4n) is 3.06. The third kappa shape index (κ3) is 2.96. The molecule has 21 heavy (non-hydrogen) atoms. The highest BCUT2D eigenvalue weighted by molar-refractivity contribution is 7.80. The summed E-state index contributed by atoms with van der Waals surface area (Å²) >= 11 is 5.42. The third-order valence-electron chi connectivity index (χ3n) is 4.17. The molecule has 1 aromatic carbocycles. The Morgan fingerprint density at radius 2 is 2.14 bits per heavy atom. The molecular weight excluding hydrogens is 280 g/mol. The minimum absolute atomic E-state index is 0.103. The Morgan fingerprint density at radius 3 is 2.90 bits per heavy atom. The van der Waals surface area contributed by atoms with Crippen LogP contribution in [0.2, 0.25) is 0 Å². The largest absolute Gasteiger partial charge is 0.368 e. The molecule has 2 aliphatic rings. The van der Waals surface area contributed by atoms with Crippen LogP contribution >= 0.6 is 12.2 Å². The summed E-state index contributed by atoms with van der Waals surface area (Å²) < 4.78 is 0. The summed E-state index contributed by atoms with van der Waals surface area (Å²) in [5, 5.41) is 3.38. The van der Waals surface area contributed by atoms with Crippen molar-refractivity contribution in [2.75, 3.05) is 0 Å². The Bertz CT molecular complexity index is 635. The van der Waals surface area contributed by atoms with Crippen LogP contribution in [0.4, 0.5) is 0 Å². The monoisotopic (exact) mass is 298 g/mol. The topological polar surface area (TPSA) is 55.1 Å². The maximum atomic E-state index is 11.6. The number of carbonyl (C=O) groups is 1. The molecule has 1 aliphatic carbocycles. The lowest BCUT2D eigenvalue weighted by molar-refractivity contribution is -0.120. The number of amides is 1. The van der Waals surface area contributed by atoms with Crippen molar-refractivity contribution >= 4 is 23.0 Å². The minimum Gasteiger partial charge on any atom is -0.368 e. The van der Waals surface area contributed by atoms with Gasteiger partial charge < -0.3 is 5.73 Å². The first-order chi connectivity index (χ1) is 10.1. The summed E-state index contributed by atoms with van der Waals surface area (Å²) in [5.41, 5.74) is 7.95. The van der Waals surface area contributed by atoms with Gasteiger partial charge in [-0.1, -0.05) is 54.7 Å². The van der Waals surface area contributed by atoms with Gasteiger partial charge in [0.2, 0.25) is 5.91 Å². The van der Waals surface area contributed by atoms with Crippen molar-refractivity contribution in [3.63, 3.8) is 0 Å². The van der Waals surface area contributed by atoms with Crippen molar-refractivity contribution < 1.29 is 4.79 Å². The van der Waals surface area contributed by atoms with Gasteiger partial charge in [-0.25, -0.2) is 0 Å². The second-order valence-corrected chi connectivity index (χ2v) is 6.04. The summed E-state index contributed by atoms with van der Waals surface area (Å²) in [6.45, 7) is 0. The molecule has 3 N–H and O–H groups in total. The highest BCUT2D eigenvalue weighted by Crippen LogP contribution is 2.31. The van der Waals surface area contributed by atoms with Gasteiger partial charge in [0.05, 0.1) is 6.04 Å². The van der Waals surface area contributed by atoms with Crippen molar-refractivity contribution in [3.05, 3.63) is 59.7 Å². The molecule has 0 spiro atoms. The molecule has 4 heteroatoms. The molecule has 0 aromatic heterocycles. The number of carbonyl (C=O) groups excluding carboxylic acids is 1. The first kappa shape index (κ1) is 14.2. The average Bonchev–Trinajstić information content (AvgIpc) is 2.49. The van der Waals surface area contributed by atoms with E-state index in [1.807, 2.05) is 30.4 Å². The predicted octanol–water partition coefficient (Wildman–Crippen LogP) is 2.23. The van der Waals surface area contributed by atoms with Crippen molar-refractivity contribution in [3.8, 4) is 0 Å². The van der Waals surface area contributed by atoms with Gasteiger partial charge in [-0.15, -0.1) is 0 Å². The zero-order chi connectivity index (χ0) is 14.8. The molecule has 1 heterocycles. The van der Waals surface area contributed by atoms with Gasteiger partial charge in [-0.3, -0.25) is 10.1 Å². The molecule has 1 aromatic rings. The van der Waals surface area contributed by atoms with E-state index >= 15 is 0 Å². The number of allylic oxidation sites excluding steroid dienone is 4. The molecule has 0 radical (unpaired) electrons. The van der Waals surface area contributed by atoms with Crippen molar-refractivity contribution in [2.45, 2.75) is 24.9 Å². The summed E-state index contributed by atoms with van der Waals surface area (Å²) in [6, 6.07) is 8.04. The van der Waals surface area contributed by atoms with E-state index in [2.05, 4.69) is 23.5 Å². The van der Waals surface area contributed by atoms with Crippen LogP contribution in [-0.2, 0) is 11.2 Å². The summed E-state index contributed by atoms with van der Waals surface area (Å²) in [7, 11) is 0. The summed E-state index contributed by atoms with van der Waals surface area (Å²) in [4.78, 5) is 12.5. The zero-order valence-electron chi connectivity index (χ0n) is 11.7. The fourth-order valence-corrected chi connectivity index (χ4v) is 3.32. The molecule has 3 unspecified atom stereocenters. The lowest BCUT2D eigenvalue weighted by Crippen LogP contribution is -2.48.